The van der Waals surface area contributed by atoms with Gasteiger partial charge in [0.1, 0.15) is 0 Å². The number of nitrogens with zero attached hydrogens (tertiary/aromatic N) is 1. The van der Waals surface area contributed by atoms with Crippen LogP contribution in [-0.2, 0) is 16.3 Å². The van der Waals surface area contributed by atoms with E-state index in [2.05, 4.69) is 4.90 Å². The molecule has 0 spiro atoms. The van der Waals surface area contributed by atoms with Gasteiger partial charge >= 0.3 is 13.0 Å². The molecule has 23 heavy (non-hydrogen) atoms. The van der Waals surface area contributed by atoms with E-state index < -0.39 is 13.0 Å². The molecule has 3 rings (SSSR count). The average molecular weight is 348 g/mol. The Balaban J connectivity index is 2.08. The first kappa shape index (κ1) is 15.8. The van der Waals surface area contributed by atoms with Gasteiger partial charge < -0.3 is 4.90 Å². The summed E-state index contributed by atoms with van der Waals surface area (Å²) in [6.07, 6.45) is -0.309. The zero-order chi connectivity index (χ0) is 16.4. The number of halogens is 2. The second kappa shape index (κ2) is 6.57. The predicted molar refractivity (Wildman–Crippen MR) is 93.7 cm³/mol. The second-order valence-corrected chi connectivity index (χ2v) is 7.05. The standard InChI is InChI=1S/C17H13F2NOPS/c1-20-15-8-4-2-6-12(15)14(10-21-22(23)11-17(18)19)13-7-3-5-9-16(13)20/h2-11H,1H3/q+1. The van der Waals surface area contributed by atoms with E-state index >= 15 is 0 Å². The lowest BCUT2D eigenvalue weighted by Crippen LogP contribution is -2.17. The van der Waals surface area contributed by atoms with Crippen molar-refractivity contribution in [2.45, 2.75) is 0 Å². The Morgan fingerprint density at radius 1 is 1.04 bits per heavy atom. The Labute approximate surface area is 139 Å². The third kappa shape index (κ3) is 3.16. The summed E-state index contributed by atoms with van der Waals surface area (Å²) >= 11 is 4.93. The first-order valence-corrected chi connectivity index (χ1v) is 9.21. The van der Waals surface area contributed by atoms with Gasteiger partial charge in [0.2, 0.25) is 17.6 Å². The van der Waals surface area contributed by atoms with Gasteiger partial charge in [0, 0.05) is 35.1 Å². The van der Waals surface area contributed by atoms with E-state index in [0.717, 1.165) is 28.1 Å². The molecule has 0 saturated carbocycles. The van der Waals surface area contributed by atoms with E-state index in [4.69, 9.17) is 16.3 Å². The van der Waals surface area contributed by atoms with E-state index in [0.29, 0.717) is 5.82 Å². The highest BCUT2D eigenvalue weighted by molar-refractivity contribution is 8.04. The molecule has 0 bridgehead atoms. The normalized spacial score (nSPS) is 12.9. The number of hydrogen-bond acceptors (Lipinski definition) is 3. The van der Waals surface area contributed by atoms with Crippen LogP contribution < -0.4 is 4.90 Å². The van der Waals surface area contributed by atoms with Crippen LogP contribution in [0.25, 0.3) is 5.57 Å². The summed E-state index contributed by atoms with van der Waals surface area (Å²) in [5.41, 5.74) is 4.87. The second-order valence-electron chi connectivity index (χ2n) is 4.93. The van der Waals surface area contributed by atoms with Gasteiger partial charge in [-0.3, -0.25) is 4.52 Å². The van der Waals surface area contributed by atoms with Crippen molar-refractivity contribution in [2.24, 2.45) is 0 Å². The number of benzene rings is 2. The summed E-state index contributed by atoms with van der Waals surface area (Å²) in [5, 5.41) is 0. The van der Waals surface area contributed by atoms with Crippen LogP contribution in [0.15, 0.2) is 66.7 Å². The average Bonchev–Trinajstić information content (AvgIpc) is 2.54. The van der Waals surface area contributed by atoms with Gasteiger partial charge in [-0.1, -0.05) is 36.4 Å². The molecular weight excluding hydrogens is 335 g/mol. The van der Waals surface area contributed by atoms with Crippen LogP contribution in [0.2, 0.25) is 0 Å². The highest BCUT2D eigenvalue weighted by atomic mass is 32.4. The number of anilines is 2. The molecule has 1 aliphatic heterocycles. The van der Waals surface area contributed by atoms with Crippen molar-refractivity contribution >= 4 is 35.7 Å². The Hall–Kier alpha value is -2.10. The van der Waals surface area contributed by atoms with E-state index in [9.17, 15) is 8.78 Å². The molecule has 0 aliphatic carbocycles. The molecular formula is C17H13F2NOPS+. The van der Waals surface area contributed by atoms with Crippen LogP contribution in [0.4, 0.5) is 20.2 Å². The van der Waals surface area contributed by atoms with E-state index in [-0.39, 0.29) is 0 Å². The zero-order valence-corrected chi connectivity index (χ0v) is 14.0. The molecule has 0 aromatic heterocycles. The fraction of sp³-hybridized carbons (Fsp3) is 0.0588. The lowest BCUT2D eigenvalue weighted by molar-refractivity contribution is 0.422. The van der Waals surface area contributed by atoms with Crippen LogP contribution in [0, 0.1) is 0 Å². The van der Waals surface area contributed by atoms with Gasteiger partial charge in [0.15, 0.2) is 6.26 Å². The molecule has 116 valence electrons. The van der Waals surface area contributed by atoms with E-state index in [1.807, 2.05) is 55.6 Å². The van der Waals surface area contributed by atoms with Crippen molar-refractivity contribution in [3.05, 3.63) is 77.8 Å². The highest BCUT2D eigenvalue weighted by Crippen LogP contribution is 2.44. The van der Waals surface area contributed by atoms with Gasteiger partial charge in [-0.2, -0.15) is 8.78 Å². The van der Waals surface area contributed by atoms with Crippen molar-refractivity contribution in [1.29, 1.82) is 0 Å². The van der Waals surface area contributed by atoms with Crippen LogP contribution in [-0.4, -0.2) is 7.05 Å². The zero-order valence-electron chi connectivity index (χ0n) is 12.2. The molecule has 0 radical (unpaired) electrons. The van der Waals surface area contributed by atoms with Crippen LogP contribution >= 0.6 is 6.92 Å². The summed E-state index contributed by atoms with van der Waals surface area (Å²) in [6, 6.07) is 15.8. The third-order valence-corrected chi connectivity index (χ3v) is 4.88. The number of rotatable bonds is 3. The Morgan fingerprint density at radius 3 is 2.09 bits per heavy atom. The van der Waals surface area contributed by atoms with Crippen molar-refractivity contribution < 1.29 is 13.3 Å². The molecule has 6 heteroatoms. The topological polar surface area (TPSA) is 12.5 Å². The fourth-order valence-corrected chi connectivity index (χ4v) is 3.40. The van der Waals surface area contributed by atoms with E-state index in [1.165, 1.54) is 6.26 Å². The quantitative estimate of drug-likeness (QED) is 0.516. The minimum atomic E-state index is -1.81. The van der Waals surface area contributed by atoms with Gasteiger partial charge in [0.25, 0.3) is 0 Å². The Bertz CT molecular complexity index is 781. The monoisotopic (exact) mass is 348 g/mol. The predicted octanol–water partition coefficient (Wildman–Crippen LogP) is 5.77. The molecule has 2 aromatic carbocycles. The van der Waals surface area contributed by atoms with Crippen LogP contribution in [0.3, 0.4) is 0 Å². The minimum Gasteiger partial charge on any atom is -0.344 e. The first-order chi connectivity index (χ1) is 11.1. The molecule has 1 unspecified atom stereocenters. The summed E-state index contributed by atoms with van der Waals surface area (Å²) in [7, 11) is 2.00. The Kier molecular flexibility index (Phi) is 4.51. The summed E-state index contributed by atoms with van der Waals surface area (Å²) < 4.78 is 30.0. The first-order valence-electron chi connectivity index (χ1n) is 6.86. The molecule has 0 saturated heterocycles. The maximum Gasteiger partial charge on any atom is 0.423 e. The van der Waals surface area contributed by atoms with Crippen molar-refractivity contribution in [3.8, 4) is 0 Å². The van der Waals surface area contributed by atoms with E-state index in [1.54, 1.807) is 0 Å². The van der Waals surface area contributed by atoms with Crippen molar-refractivity contribution in [1.82, 2.24) is 0 Å². The lowest BCUT2D eigenvalue weighted by atomic mass is 9.91. The lowest BCUT2D eigenvalue weighted by Gasteiger charge is -2.31. The fourth-order valence-electron chi connectivity index (χ4n) is 2.60. The summed E-state index contributed by atoms with van der Waals surface area (Å²) in [5.74, 6) is 0.675. The molecule has 1 atom stereocenters. The van der Waals surface area contributed by atoms with Crippen LogP contribution in [0.5, 0.6) is 0 Å². The van der Waals surface area contributed by atoms with Crippen molar-refractivity contribution in [3.63, 3.8) is 0 Å². The molecule has 0 fully saturated rings. The molecule has 1 aliphatic rings. The molecule has 0 amide bonds. The van der Waals surface area contributed by atoms with Gasteiger partial charge in [-0.25, -0.2) is 0 Å². The van der Waals surface area contributed by atoms with Crippen molar-refractivity contribution in [2.75, 3.05) is 11.9 Å². The Morgan fingerprint density at radius 2 is 1.57 bits per heavy atom. The molecule has 1 heterocycles. The molecule has 2 aromatic rings. The van der Waals surface area contributed by atoms with Gasteiger partial charge in [0.05, 0.1) is 0 Å². The smallest absolute Gasteiger partial charge is 0.344 e. The third-order valence-electron chi connectivity index (χ3n) is 3.59. The van der Waals surface area contributed by atoms with Gasteiger partial charge in [-0.15, -0.1) is 0 Å². The maximum absolute atomic E-state index is 12.3. The van der Waals surface area contributed by atoms with Crippen LogP contribution in [0.1, 0.15) is 11.1 Å². The maximum atomic E-state index is 12.3. The summed E-state index contributed by atoms with van der Waals surface area (Å²) in [4.78, 5) is 2.10. The number of para-hydroxylation sites is 2. The largest absolute Gasteiger partial charge is 0.423 e. The SMILES string of the molecule is CN1c2ccccc2C(=CO[P+](=S)C=C(F)F)c2ccccc21. The minimum absolute atomic E-state index is 0.675. The number of hydrogen-bond donors (Lipinski definition) is 0. The molecule has 0 N–H and O–H groups in total. The highest BCUT2D eigenvalue weighted by Gasteiger charge is 2.24. The number of fused-ring (bicyclic) bond motifs is 2. The molecule has 2 nitrogen and oxygen atoms in total. The van der Waals surface area contributed by atoms with Gasteiger partial charge in [-0.05, 0) is 12.1 Å². The summed E-state index contributed by atoms with van der Waals surface area (Å²) in [6.45, 7) is -1.75.